The van der Waals surface area contributed by atoms with Crippen molar-refractivity contribution in [2.75, 3.05) is 0 Å². The monoisotopic (exact) mass is 770 g/mol. The number of hydrogen-bond donors (Lipinski definition) is 0. The first-order chi connectivity index (χ1) is 24.2. The Morgan fingerprint density at radius 2 is 1.51 bits per heavy atom. The van der Waals surface area contributed by atoms with Gasteiger partial charge >= 0.3 is 0 Å². The van der Waals surface area contributed by atoms with Crippen LogP contribution >= 0.6 is 0 Å². The van der Waals surface area contributed by atoms with E-state index in [4.69, 9.17) is 19.1 Å². The third kappa shape index (κ3) is 5.84. The van der Waals surface area contributed by atoms with Crippen LogP contribution in [0.3, 0.4) is 0 Å². The molecule has 0 saturated carbocycles. The molecule has 2 aliphatic rings. The molecule has 1 radical (unpaired) electrons. The van der Waals surface area contributed by atoms with Gasteiger partial charge in [-0.25, -0.2) is 0 Å². The Balaban J connectivity index is 0.000000230. The molecule has 0 spiro atoms. The van der Waals surface area contributed by atoms with Gasteiger partial charge in [-0.05, 0) is 70.7 Å². The topological polar surface area (TPSA) is 44.2 Å². The summed E-state index contributed by atoms with van der Waals surface area (Å²) in [5.74, 6) is 1.66. The molecule has 223 valence electrons. The molecule has 2 aromatic heterocycles. The minimum atomic E-state index is -2.37. The van der Waals surface area contributed by atoms with Crippen LogP contribution in [0.4, 0.5) is 0 Å². The van der Waals surface area contributed by atoms with E-state index in [-0.39, 0.29) is 37.9 Å². The number of benzene rings is 4. The summed E-state index contributed by atoms with van der Waals surface area (Å²) in [7, 11) is 0. The quantitative estimate of drug-likeness (QED) is 0.138. The average Bonchev–Trinajstić information content (AvgIpc) is 3.11. The molecule has 4 aromatic carbocycles. The largest absolute Gasteiger partial charge is 0.503 e. The zero-order valence-corrected chi connectivity index (χ0v) is 26.9. The van der Waals surface area contributed by atoms with Crippen LogP contribution in [0.25, 0.3) is 22.5 Å². The van der Waals surface area contributed by atoms with Crippen molar-refractivity contribution in [2.45, 2.75) is 33.4 Å². The first-order valence-electron chi connectivity index (χ1n) is 17.8. The van der Waals surface area contributed by atoms with Crippen molar-refractivity contribution in [1.82, 2.24) is 9.97 Å². The molecule has 4 heterocycles. The van der Waals surface area contributed by atoms with Crippen LogP contribution in [-0.2, 0) is 20.1 Å². The molecule has 0 fully saturated rings. The predicted molar refractivity (Wildman–Crippen MR) is 178 cm³/mol. The molecule has 0 bridgehead atoms. The number of nitrogens with zero attached hydrogens (tertiary/aromatic N) is 2. The van der Waals surface area contributed by atoms with Gasteiger partial charge in [-0.1, -0.05) is 79.5 Å². The number of aromatic nitrogens is 2. The van der Waals surface area contributed by atoms with E-state index in [1.54, 1.807) is 44.2 Å². The fourth-order valence-electron chi connectivity index (χ4n) is 5.62. The summed E-state index contributed by atoms with van der Waals surface area (Å²) in [6, 6.07) is 36.4. The molecule has 0 saturated heterocycles. The molecule has 4 nitrogen and oxygen atoms in total. The third-order valence-electron chi connectivity index (χ3n) is 7.71. The van der Waals surface area contributed by atoms with Gasteiger partial charge in [0.05, 0.1) is 0 Å². The summed E-state index contributed by atoms with van der Waals surface area (Å²) in [5, 5.41) is 0. The zero-order valence-electron chi connectivity index (χ0n) is 31.5. The molecular weight excluding hydrogens is 731 g/mol. The second-order valence-electron chi connectivity index (χ2n) is 10.8. The second kappa shape index (κ2) is 12.8. The van der Waals surface area contributed by atoms with Crippen molar-refractivity contribution in [3.8, 4) is 45.5 Å². The van der Waals surface area contributed by atoms with Crippen LogP contribution in [0.15, 0.2) is 109 Å². The maximum Gasteiger partial charge on any atom is 0.239 e. The maximum atomic E-state index is 8.58. The summed E-state index contributed by atoms with van der Waals surface area (Å²) >= 11 is 0. The normalized spacial score (nSPS) is 15.0. The summed E-state index contributed by atoms with van der Waals surface area (Å²) in [4.78, 5) is 8.63. The Hall–Kier alpha value is -4.51. The Kier molecular flexibility index (Phi) is 6.54. The van der Waals surface area contributed by atoms with E-state index in [0.717, 1.165) is 39.1 Å². The standard InChI is InChI=1S/C27H21BNO2.C12H10N.Ir/c1-16(2)19-14-22(29-15-17(19)3)18-12-13-25-26-27(18)31-24-11-7-5-9-21(24)28(26)20-8-4-6-10-23(20)30-25;1-10-7-8-12(13-9-10)11-5-3-2-4-6-11;/h4-11,13-16H,1-3H3;2-5,7-9H,1H3;/q2*-1;/i3D3,16D;1D3;. The van der Waals surface area contributed by atoms with E-state index in [2.05, 4.69) is 34.2 Å². The van der Waals surface area contributed by atoms with Crippen LogP contribution in [-0.4, -0.2) is 16.7 Å². The Labute approximate surface area is 288 Å². The van der Waals surface area contributed by atoms with Crippen molar-refractivity contribution in [3.63, 3.8) is 0 Å². The molecule has 2 aliphatic heterocycles. The second-order valence-corrected chi connectivity index (χ2v) is 10.8. The molecule has 45 heavy (non-hydrogen) atoms. The molecule has 6 heteroatoms. The molecular formula is C39H31BIrN2O2-2. The van der Waals surface area contributed by atoms with Gasteiger partial charge in [0.15, 0.2) is 0 Å². The van der Waals surface area contributed by atoms with Gasteiger partial charge in [-0.3, -0.25) is 0 Å². The third-order valence-corrected chi connectivity index (χ3v) is 7.71. The van der Waals surface area contributed by atoms with Crippen molar-refractivity contribution >= 4 is 23.1 Å². The minimum Gasteiger partial charge on any atom is -0.503 e. The number of pyridine rings is 2. The molecule has 0 atom stereocenters. The zero-order chi connectivity index (χ0) is 36.1. The van der Waals surface area contributed by atoms with Crippen LogP contribution in [0.1, 0.15) is 46.0 Å². The molecule has 8 rings (SSSR count). The number of ether oxygens (including phenoxy) is 2. The van der Waals surface area contributed by atoms with Crippen molar-refractivity contribution in [1.29, 1.82) is 0 Å². The molecule has 0 unspecified atom stereocenters. The van der Waals surface area contributed by atoms with E-state index in [0.29, 0.717) is 28.3 Å². The van der Waals surface area contributed by atoms with E-state index in [9.17, 15) is 0 Å². The van der Waals surface area contributed by atoms with Crippen molar-refractivity contribution in [2.24, 2.45) is 0 Å². The number of hydrogen-bond acceptors (Lipinski definition) is 4. The number of para-hydroxylation sites is 2. The molecule has 6 aromatic rings. The van der Waals surface area contributed by atoms with E-state index < -0.39 is 19.6 Å². The summed E-state index contributed by atoms with van der Waals surface area (Å²) < 4.78 is 66.7. The summed E-state index contributed by atoms with van der Waals surface area (Å²) in [6.07, 6.45) is 2.75. The van der Waals surface area contributed by atoms with E-state index >= 15 is 0 Å². The van der Waals surface area contributed by atoms with Crippen LogP contribution in [0.2, 0.25) is 0 Å². The SMILES string of the molecule is [2H]C([2H])([2H])c1ccc(-c2[c-]cccc2)nc1.[2H]C([2H])([2H])c1cnc(-c2[c-]cc3c4c2Oc2ccccc2B4c2ccccc2O3)cc1C([2H])(C)C.[Ir]. The number of rotatable bonds is 3. The smallest absolute Gasteiger partial charge is 0.239 e. The number of fused-ring (bicyclic) bond motifs is 4. The fraction of sp³-hybridized carbons (Fsp3) is 0.128. The predicted octanol–water partition coefficient (Wildman–Crippen LogP) is 7.56. The van der Waals surface area contributed by atoms with Crippen molar-refractivity contribution in [3.05, 3.63) is 138 Å². The summed E-state index contributed by atoms with van der Waals surface area (Å²) in [5.41, 5.74) is 6.42. The van der Waals surface area contributed by atoms with E-state index in [1.807, 2.05) is 54.6 Å². The van der Waals surface area contributed by atoms with Gasteiger partial charge in [0.1, 0.15) is 11.5 Å². The molecule has 0 amide bonds. The first-order valence-corrected chi connectivity index (χ1v) is 14.3. The summed E-state index contributed by atoms with van der Waals surface area (Å²) in [6.45, 7) is -1.20. The van der Waals surface area contributed by atoms with Gasteiger partial charge in [0.25, 0.3) is 0 Å². The van der Waals surface area contributed by atoms with E-state index in [1.165, 1.54) is 12.4 Å². The first kappa shape index (κ1) is 22.9. The van der Waals surface area contributed by atoms with Crippen LogP contribution in [0.5, 0.6) is 23.0 Å². The van der Waals surface area contributed by atoms with Crippen LogP contribution in [0, 0.1) is 25.8 Å². The Morgan fingerprint density at radius 3 is 2.18 bits per heavy atom. The van der Waals surface area contributed by atoms with Gasteiger partial charge in [-0.2, -0.15) is 0 Å². The molecule has 0 aliphatic carbocycles. The average molecular weight is 770 g/mol. The van der Waals surface area contributed by atoms with Crippen LogP contribution < -0.4 is 25.9 Å². The Morgan fingerprint density at radius 1 is 0.778 bits per heavy atom. The van der Waals surface area contributed by atoms with Gasteiger partial charge in [0.2, 0.25) is 6.71 Å². The maximum absolute atomic E-state index is 8.58. The van der Waals surface area contributed by atoms with Gasteiger partial charge in [-0.15, -0.1) is 48.0 Å². The van der Waals surface area contributed by atoms with Gasteiger partial charge < -0.3 is 19.4 Å². The fourth-order valence-corrected chi connectivity index (χ4v) is 5.62. The van der Waals surface area contributed by atoms with Crippen molar-refractivity contribution < 1.29 is 39.2 Å². The minimum absolute atomic E-state index is 0. The molecule has 0 N–H and O–H groups in total. The van der Waals surface area contributed by atoms with Gasteiger partial charge in [0, 0.05) is 53.6 Å². The Bertz CT molecular complexity index is 2230. The number of aryl methyl sites for hydroxylation is 2.